The molecule has 104 valence electrons. The largest absolute Gasteiger partial charge is 0.487 e. The summed E-state index contributed by atoms with van der Waals surface area (Å²) in [4.78, 5) is 0. The minimum atomic E-state index is -0.128. The Labute approximate surface area is 119 Å². The molecular formula is C16H18N2O2. The van der Waals surface area contributed by atoms with Crippen molar-refractivity contribution in [3.8, 4) is 17.6 Å². The molecule has 0 bridgehead atoms. The molecule has 0 atom stereocenters. The van der Waals surface area contributed by atoms with Gasteiger partial charge in [-0.05, 0) is 44.2 Å². The quantitative estimate of drug-likeness (QED) is 0.868. The number of aromatic nitrogens is 2. The van der Waals surface area contributed by atoms with Crippen molar-refractivity contribution in [1.82, 2.24) is 9.78 Å². The van der Waals surface area contributed by atoms with Gasteiger partial charge in [0.05, 0.1) is 5.69 Å². The number of aliphatic hydroxyl groups excluding tert-OH is 1. The maximum Gasteiger partial charge on any atom is 0.132 e. The van der Waals surface area contributed by atoms with E-state index >= 15 is 0 Å². The van der Waals surface area contributed by atoms with Gasteiger partial charge in [0.2, 0.25) is 0 Å². The summed E-state index contributed by atoms with van der Waals surface area (Å²) in [7, 11) is 0. The Morgan fingerprint density at radius 3 is 2.60 bits per heavy atom. The van der Waals surface area contributed by atoms with Crippen LogP contribution in [0, 0.1) is 11.8 Å². The fourth-order valence-corrected chi connectivity index (χ4v) is 1.68. The molecule has 0 spiro atoms. The Kier molecular flexibility index (Phi) is 4.80. The van der Waals surface area contributed by atoms with E-state index in [-0.39, 0.29) is 6.61 Å². The molecule has 0 unspecified atom stereocenters. The molecule has 4 nitrogen and oxygen atoms in total. The van der Waals surface area contributed by atoms with Crippen LogP contribution in [0.15, 0.2) is 36.5 Å². The third-order valence-electron chi connectivity index (χ3n) is 2.75. The van der Waals surface area contributed by atoms with E-state index in [1.165, 1.54) is 0 Å². The van der Waals surface area contributed by atoms with E-state index in [9.17, 15) is 0 Å². The third-order valence-corrected chi connectivity index (χ3v) is 2.75. The van der Waals surface area contributed by atoms with Crippen molar-refractivity contribution in [3.05, 3.63) is 47.8 Å². The van der Waals surface area contributed by atoms with Crippen LogP contribution in [0.4, 0.5) is 0 Å². The lowest BCUT2D eigenvalue weighted by Crippen LogP contribution is -2.03. The van der Waals surface area contributed by atoms with E-state index in [2.05, 4.69) is 30.8 Å². The highest BCUT2D eigenvalue weighted by Gasteiger charge is 2.02. The molecule has 1 heterocycles. The Morgan fingerprint density at radius 1 is 1.25 bits per heavy atom. The van der Waals surface area contributed by atoms with E-state index < -0.39 is 0 Å². The number of hydrogen-bond donors (Lipinski definition) is 1. The molecular weight excluding hydrogens is 252 g/mol. The lowest BCUT2D eigenvalue weighted by molar-refractivity contribution is 0.298. The number of benzene rings is 1. The SMILES string of the molecule is CC(C)n1ccc(COc2ccc(C#CCO)cc2)n1. The molecule has 2 rings (SSSR count). The van der Waals surface area contributed by atoms with Crippen molar-refractivity contribution < 1.29 is 9.84 Å². The zero-order chi connectivity index (χ0) is 14.4. The molecule has 0 amide bonds. The molecule has 0 radical (unpaired) electrons. The Balaban J connectivity index is 1.93. The fourth-order valence-electron chi connectivity index (χ4n) is 1.68. The number of ether oxygens (including phenoxy) is 1. The summed E-state index contributed by atoms with van der Waals surface area (Å²) >= 11 is 0. The number of aliphatic hydroxyl groups is 1. The lowest BCUT2D eigenvalue weighted by atomic mass is 10.2. The second-order valence-electron chi connectivity index (χ2n) is 4.65. The van der Waals surface area contributed by atoms with Gasteiger partial charge in [0, 0.05) is 17.8 Å². The molecule has 0 saturated carbocycles. The molecule has 0 saturated heterocycles. The van der Waals surface area contributed by atoms with Gasteiger partial charge < -0.3 is 9.84 Å². The molecule has 4 heteroatoms. The van der Waals surface area contributed by atoms with Gasteiger partial charge in [-0.15, -0.1) is 0 Å². The van der Waals surface area contributed by atoms with E-state index in [1.54, 1.807) is 0 Å². The van der Waals surface area contributed by atoms with E-state index in [0.717, 1.165) is 17.0 Å². The van der Waals surface area contributed by atoms with E-state index in [4.69, 9.17) is 9.84 Å². The van der Waals surface area contributed by atoms with Crippen molar-refractivity contribution in [1.29, 1.82) is 0 Å². The zero-order valence-corrected chi connectivity index (χ0v) is 11.7. The summed E-state index contributed by atoms with van der Waals surface area (Å²) in [6, 6.07) is 9.77. The van der Waals surface area contributed by atoms with Crippen LogP contribution in [-0.2, 0) is 6.61 Å². The minimum Gasteiger partial charge on any atom is -0.487 e. The van der Waals surface area contributed by atoms with Gasteiger partial charge in [0.15, 0.2) is 0 Å². The molecule has 20 heavy (non-hydrogen) atoms. The van der Waals surface area contributed by atoms with Gasteiger partial charge in [0.1, 0.15) is 19.0 Å². The maximum absolute atomic E-state index is 8.63. The molecule has 0 aliphatic carbocycles. The average Bonchev–Trinajstić information content (AvgIpc) is 2.93. The average molecular weight is 270 g/mol. The van der Waals surface area contributed by atoms with Crippen molar-refractivity contribution in [2.75, 3.05) is 6.61 Å². The van der Waals surface area contributed by atoms with Crippen LogP contribution in [0.3, 0.4) is 0 Å². The minimum absolute atomic E-state index is 0.128. The topological polar surface area (TPSA) is 47.3 Å². The Morgan fingerprint density at radius 2 is 2.00 bits per heavy atom. The maximum atomic E-state index is 8.63. The first-order chi connectivity index (χ1) is 9.69. The van der Waals surface area contributed by atoms with Crippen LogP contribution < -0.4 is 4.74 Å². The summed E-state index contributed by atoms with van der Waals surface area (Å²) in [5, 5.41) is 13.1. The number of hydrogen-bond acceptors (Lipinski definition) is 3. The number of rotatable bonds is 4. The predicted octanol–water partition coefficient (Wildman–Crippen LogP) is 2.39. The highest BCUT2D eigenvalue weighted by atomic mass is 16.5. The third kappa shape index (κ3) is 3.87. The summed E-state index contributed by atoms with van der Waals surface area (Å²) in [5.41, 5.74) is 1.76. The molecule has 1 N–H and O–H groups in total. The fraction of sp³-hybridized carbons (Fsp3) is 0.312. The second-order valence-corrected chi connectivity index (χ2v) is 4.65. The van der Waals surface area contributed by atoms with Crippen LogP contribution in [-0.4, -0.2) is 21.5 Å². The normalized spacial score (nSPS) is 10.2. The molecule has 2 aromatic rings. The van der Waals surface area contributed by atoms with Gasteiger partial charge in [-0.25, -0.2) is 0 Å². The van der Waals surface area contributed by atoms with Gasteiger partial charge in [-0.1, -0.05) is 11.8 Å². The summed E-state index contributed by atoms with van der Waals surface area (Å²) in [5.74, 6) is 6.22. The second kappa shape index (κ2) is 6.78. The van der Waals surface area contributed by atoms with E-state index in [0.29, 0.717) is 12.6 Å². The van der Waals surface area contributed by atoms with Gasteiger partial charge in [-0.3, -0.25) is 4.68 Å². The zero-order valence-electron chi connectivity index (χ0n) is 11.7. The van der Waals surface area contributed by atoms with Crippen molar-refractivity contribution in [3.63, 3.8) is 0 Å². The first kappa shape index (κ1) is 14.2. The van der Waals surface area contributed by atoms with Crippen LogP contribution in [0.2, 0.25) is 0 Å². The Bertz CT molecular complexity index is 603. The van der Waals surface area contributed by atoms with Gasteiger partial charge in [-0.2, -0.15) is 5.10 Å². The summed E-state index contributed by atoms with van der Waals surface area (Å²) in [6.45, 7) is 4.49. The van der Waals surface area contributed by atoms with Crippen LogP contribution in [0.1, 0.15) is 31.1 Å². The first-order valence-electron chi connectivity index (χ1n) is 6.55. The van der Waals surface area contributed by atoms with Crippen molar-refractivity contribution in [2.45, 2.75) is 26.5 Å². The number of nitrogens with zero attached hydrogens (tertiary/aromatic N) is 2. The molecule has 0 aliphatic rings. The highest BCUT2D eigenvalue weighted by molar-refractivity contribution is 5.38. The highest BCUT2D eigenvalue weighted by Crippen LogP contribution is 2.13. The Hall–Kier alpha value is -2.25. The van der Waals surface area contributed by atoms with Crippen LogP contribution >= 0.6 is 0 Å². The lowest BCUT2D eigenvalue weighted by Gasteiger charge is -2.05. The summed E-state index contributed by atoms with van der Waals surface area (Å²) in [6.07, 6.45) is 1.96. The first-order valence-corrected chi connectivity index (χ1v) is 6.55. The van der Waals surface area contributed by atoms with Gasteiger partial charge in [0.25, 0.3) is 0 Å². The van der Waals surface area contributed by atoms with Crippen molar-refractivity contribution in [2.24, 2.45) is 0 Å². The monoisotopic (exact) mass is 270 g/mol. The standard InChI is InChI=1S/C16H18N2O2/c1-13(2)18-10-9-15(17-18)12-20-16-7-5-14(6-8-16)4-3-11-19/h5-10,13,19H,11-12H2,1-2H3. The molecule has 1 aromatic carbocycles. The smallest absolute Gasteiger partial charge is 0.132 e. The van der Waals surface area contributed by atoms with Gasteiger partial charge >= 0.3 is 0 Å². The molecule has 1 aromatic heterocycles. The molecule has 0 aliphatic heterocycles. The predicted molar refractivity (Wildman–Crippen MR) is 77.3 cm³/mol. The van der Waals surface area contributed by atoms with Crippen molar-refractivity contribution >= 4 is 0 Å². The summed E-state index contributed by atoms with van der Waals surface area (Å²) < 4.78 is 7.58. The van der Waals surface area contributed by atoms with E-state index in [1.807, 2.05) is 41.2 Å². The van der Waals surface area contributed by atoms with Crippen LogP contribution in [0.25, 0.3) is 0 Å². The van der Waals surface area contributed by atoms with Crippen LogP contribution in [0.5, 0.6) is 5.75 Å². The molecule has 0 fully saturated rings.